The Kier molecular flexibility index (Phi) is 4.47. The second kappa shape index (κ2) is 6.69. The Labute approximate surface area is 134 Å². The van der Waals surface area contributed by atoms with Crippen molar-refractivity contribution in [3.8, 4) is 6.07 Å². The zero-order valence-corrected chi connectivity index (χ0v) is 12.7. The summed E-state index contributed by atoms with van der Waals surface area (Å²) in [4.78, 5) is 2.13. The minimum atomic E-state index is 0.541. The van der Waals surface area contributed by atoms with Crippen molar-refractivity contribution in [1.82, 2.24) is 0 Å². The van der Waals surface area contributed by atoms with Crippen molar-refractivity contribution >= 4 is 29.1 Å². The van der Waals surface area contributed by atoms with Crippen LogP contribution in [0.15, 0.2) is 40.8 Å². The summed E-state index contributed by atoms with van der Waals surface area (Å²) in [5.74, 6) is 1.47. The zero-order chi connectivity index (χ0) is 15.4. The Bertz CT molecular complexity index is 707. The third-order valence-corrected chi connectivity index (χ3v) is 3.75. The Morgan fingerprint density at radius 1 is 1.14 bits per heavy atom. The Morgan fingerprint density at radius 2 is 1.86 bits per heavy atom. The Balaban J connectivity index is 1.82. The molecule has 1 aliphatic heterocycles. The standard InChI is InChI=1S/C17H15ClN2O2/c18-15-3-1-13(2-4-15)14(12-19)11-16-5-6-17(22-16)20-7-9-21-10-8-20/h1-6,11H,7-10H2/b14-11+. The fourth-order valence-electron chi connectivity index (χ4n) is 2.33. The predicted molar refractivity (Wildman–Crippen MR) is 86.7 cm³/mol. The van der Waals surface area contributed by atoms with Crippen LogP contribution in [0.5, 0.6) is 0 Å². The first-order valence-corrected chi connectivity index (χ1v) is 7.44. The molecule has 22 heavy (non-hydrogen) atoms. The second-order valence-corrected chi connectivity index (χ2v) is 5.39. The van der Waals surface area contributed by atoms with Gasteiger partial charge in [-0.25, -0.2) is 0 Å². The van der Waals surface area contributed by atoms with E-state index in [9.17, 15) is 5.26 Å². The van der Waals surface area contributed by atoms with Crippen LogP contribution in [-0.2, 0) is 4.74 Å². The van der Waals surface area contributed by atoms with Gasteiger partial charge in [0, 0.05) is 24.2 Å². The van der Waals surface area contributed by atoms with E-state index in [1.165, 1.54) is 0 Å². The van der Waals surface area contributed by atoms with Gasteiger partial charge < -0.3 is 14.1 Å². The van der Waals surface area contributed by atoms with Crippen LogP contribution in [-0.4, -0.2) is 26.3 Å². The van der Waals surface area contributed by atoms with Gasteiger partial charge in [-0.05, 0) is 29.8 Å². The molecule has 1 aromatic carbocycles. The number of allylic oxidation sites excluding steroid dienone is 1. The number of furan rings is 1. The number of nitrogens with zero attached hydrogens (tertiary/aromatic N) is 2. The van der Waals surface area contributed by atoms with Crippen molar-refractivity contribution in [2.24, 2.45) is 0 Å². The van der Waals surface area contributed by atoms with Gasteiger partial charge in [0.1, 0.15) is 5.76 Å². The summed E-state index contributed by atoms with van der Waals surface area (Å²) >= 11 is 5.87. The predicted octanol–water partition coefficient (Wildman–Crippen LogP) is 3.83. The van der Waals surface area contributed by atoms with E-state index in [1.807, 2.05) is 24.3 Å². The molecule has 1 aromatic heterocycles. The van der Waals surface area contributed by atoms with Gasteiger partial charge in [0.15, 0.2) is 5.88 Å². The van der Waals surface area contributed by atoms with Gasteiger partial charge >= 0.3 is 0 Å². The molecule has 2 heterocycles. The van der Waals surface area contributed by atoms with Crippen LogP contribution < -0.4 is 4.90 Å². The maximum atomic E-state index is 9.35. The number of hydrogen-bond acceptors (Lipinski definition) is 4. The molecule has 0 saturated carbocycles. The molecule has 1 saturated heterocycles. The lowest BCUT2D eigenvalue weighted by atomic mass is 10.1. The molecule has 112 valence electrons. The first-order chi connectivity index (χ1) is 10.8. The number of anilines is 1. The Morgan fingerprint density at radius 3 is 2.55 bits per heavy atom. The third-order valence-electron chi connectivity index (χ3n) is 3.50. The molecule has 0 amide bonds. The fraction of sp³-hybridized carbons (Fsp3) is 0.235. The van der Waals surface area contributed by atoms with Gasteiger partial charge in [0.2, 0.25) is 0 Å². The van der Waals surface area contributed by atoms with Crippen LogP contribution in [0.3, 0.4) is 0 Å². The molecule has 0 N–H and O–H groups in total. The van der Waals surface area contributed by atoms with Crippen molar-refractivity contribution in [2.75, 3.05) is 31.2 Å². The molecule has 1 aliphatic rings. The maximum absolute atomic E-state index is 9.35. The number of nitriles is 1. The molecule has 5 heteroatoms. The van der Waals surface area contributed by atoms with E-state index in [4.69, 9.17) is 20.8 Å². The molecular formula is C17H15ClN2O2. The van der Waals surface area contributed by atoms with Gasteiger partial charge in [0.25, 0.3) is 0 Å². The average molecular weight is 315 g/mol. The first kappa shape index (κ1) is 14.7. The van der Waals surface area contributed by atoms with E-state index in [-0.39, 0.29) is 0 Å². The van der Waals surface area contributed by atoms with E-state index in [1.54, 1.807) is 18.2 Å². The number of rotatable bonds is 3. The van der Waals surface area contributed by atoms with Gasteiger partial charge in [-0.15, -0.1) is 0 Å². The number of hydrogen-bond donors (Lipinski definition) is 0. The van der Waals surface area contributed by atoms with Crippen LogP contribution >= 0.6 is 11.6 Å². The van der Waals surface area contributed by atoms with Crippen LogP contribution in [0, 0.1) is 11.3 Å². The minimum absolute atomic E-state index is 0.541. The molecule has 1 fully saturated rings. The molecule has 0 aliphatic carbocycles. The lowest BCUT2D eigenvalue weighted by molar-refractivity contribution is 0.120. The van der Waals surface area contributed by atoms with E-state index in [0.29, 0.717) is 29.6 Å². The normalized spacial score (nSPS) is 15.6. The molecule has 0 bridgehead atoms. The summed E-state index contributed by atoms with van der Waals surface area (Å²) in [6, 6.07) is 13.2. The Hall–Kier alpha value is -2.22. The van der Waals surface area contributed by atoms with E-state index in [2.05, 4.69) is 11.0 Å². The number of ether oxygens (including phenoxy) is 1. The van der Waals surface area contributed by atoms with Crippen molar-refractivity contribution in [3.63, 3.8) is 0 Å². The average Bonchev–Trinajstić information content (AvgIpc) is 3.03. The van der Waals surface area contributed by atoms with Crippen LogP contribution in [0.4, 0.5) is 5.88 Å². The van der Waals surface area contributed by atoms with Gasteiger partial charge in [0.05, 0.1) is 24.9 Å². The minimum Gasteiger partial charge on any atom is -0.441 e. The largest absolute Gasteiger partial charge is 0.441 e. The second-order valence-electron chi connectivity index (χ2n) is 4.95. The van der Waals surface area contributed by atoms with Crippen molar-refractivity contribution in [2.45, 2.75) is 0 Å². The SMILES string of the molecule is N#C/C(=C\c1ccc(N2CCOCC2)o1)c1ccc(Cl)cc1. The number of halogens is 1. The highest BCUT2D eigenvalue weighted by molar-refractivity contribution is 6.30. The summed E-state index contributed by atoms with van der Waals surface area (Å²) in [5.41, 5.74) is 1.36. The quantitative estimate of drug-likeness (QED) is 0.808. The van der Waals surface area contributed by atoms with Crippen molar-refractivity contribution in [3.05, 3.63) is 52.7 Å². The fourth-order valence-corrected chi connectivity index (χ4v) is 2.45. The summed E-state index contributed by atoms with van der Waals surface area (Å²) in [5, 5.41) is 9.99. The summed E-state index contributed by atoms with van der Waals surface area (Å²) in [7, 11) is 0. The van der Waals surface area contributed by atoms with Crippen molar-refractivity contribution < 1.29 is 9.15 Å². The number of morpholine rings is 1. The van der Waals surface area contributed by atoms with E-state index < -0.39 is 0 Å². The summed E-state index contributed by atoms with van der Waals surface area (Å²) in [6.45, 7) is 3.05. The maximum Gasteiger partial charge on any atom is 0.196 e. The van der Waals surface area contributed by atoms with E-state index >= 15 is 0 Å². The van der Waals surface area contributed by atoms with Gasteiger partial charge in [-0.2, -0.15) is 5.26 Å². The van der Waals surface area contributed by atoms with Crippen LogP contribution in [0.25, 0.3) is 11.6 Å². The molecule has 0 radical (unpaired) electrons. The number of benzene rings is 1. The van der Waals surface area contributed by atoms with Crippen LogP contribution in [0.1, 0.15) is 11.3 Å². The van der Waals surface area contributed by atoms with Gasteiger partial charge in [-0.1, -0.05) is 23.7 Å². The highest BCUT2D eigenvalue weighted by Crippen LogP contribution is 2.24. The first-order valence-electron chi connectivity index (χ1n) is 7.06. The molecule has 3 rings (SSSR count). The zero-order valence-electron chi connectivity index (χ0n) is 12.0. The molecule has 0 unspecified atom stereocenters. The lowest BCUT2D eigenvalue weighted by Gasteiger charge is -2.26. The summed E-state index contributed by atoms with van der Waals surface area (Å²) in [6.07, 6.45) is 1.74. The van der Waals surface area contributed by atoms with Gasteiger partial charge in [-0.3, -0.25) is 0 Å². The van der Waals surface area contributed by atoms with Crippen molar-refractivity contribution in [1.29, 1.82) is 5.26 Å². The monoisotopic (exact) mass is 314 g/mol. The highest BCUT2D eigenvalue weighted by Gasteiger charge is 2.14. The topological polar surface area (TPSA) is 49.4 Å². The molecule has 4 nitrogen and oxygen atoms in total. The molecule has 2 aromatic rings. The molecule has 0 spiro atoms. The van der Waals surface area contributed by atoms with E-state index in [0.717, 1.165) is 24.5 Å². The smallest absolute Gasteiger partial charge is 0.196 e. The summed E-state index contributed by atoms with van der Waals surface area (Å²) < 4.78 is 11.1. The third kappa shape index (κ3) is 3.33. The highest BCUT2D eigenvalue weighted by atomic mass is 35.5. The molecule has 0 atom stereocenters. The lowest BCUT2D eigenvalue weighted by Crippen LogP contribution is -2.35. The van der Waals surface area contributed by atoms with Crippen LogP contribution in [0.2, 0.25) is 5.02 Å². The molecular weight excluding hydrogens is 300 g/mol.